The van der Waals surface area contributed by atoms with Gasteiger partial charge in [0.05, 0.1) is 0 Å². The molecule has 0 N–H and O–H groups in total. The van der Waals surface area contributed by atoms with Gasteiger partial charge in [-0.2, -0.15) is 0 Å². The van der Waals surface area contributed by atoms with E-state index in [4.69, 9.17) is 0 Å². The van der Waals surface area contributed by atoms with Crippen LogP contribution in [0.3, 0.4) is 0 Å². The molecule has 0 heterocycles. The van der Waals surface area contributed by atoms with Crippen molar-refractivity contribution in [2.45, 2.75) is 33.6 Å². The van der Waals surface area contributed by atoms with Crippen molar-refractivity contribution in [1.82, 2.24) is 0 Å². The summed E-state index contributed by atoms with van der Waals surface area (Å²) in [5.41, 5.74) is 2.27. The molecule has 0 aromatic heterocycles. The van der Waals surface area contributed by atoms with E-state index in [1.54, 1.807) is 0 Å². The van der Waals surface area contributed by atoms with Gasteiger partial charge in [0.25, 0.3) is 0 Å². The van der Waals surface area contributed by atoms with Gasteiger partial charge in [-0.05, 0) is 25.7 Å². The molecule has 0 saturated heterocycles. The summed E-state index contributed by atoms with van der Waals surface area (Å²) in [4.78, 5) is 0. The highest BCUT2D eigenvalue weighted by Crippen LogP contribution is 2.11. The normalized spacial score (nSPS) is 11.0. The average Bonchev–Trinajstić information content (AvgIpc) is 1.97. The van der Waals surface area contributed by atoms with Crippen LogP contribution in [0.5, 0.6) is 0 Å². The lowest BCUT2D eigenvalue weighted by Gasteiger charge is -2.01. The average molecular weight is 164 g/mol. The molecule has 0 amide bonds. The molecule has 0 heteroatoms. The predicted molar refractivity (Wildman–Crippen MR) is 57.2 cm³/mol. The molecule has 0 nitrogen and oxygen atoms in total. The second-order valence-corrected chi connectivity index (χ2v) is 3.59. The topological polar surface area (TPSA) is 0 Å². The first-order valence-corrected chi connectivity index (χ1v) is 4.54. The lowest BCUT2D eigenvalue weighted by atomic mass is 10.1. The Balaban J connectivity index is 3.57. The molecule has 0 aliphatic heterocycles. The van der Waals surface area contributed by atoms with Crippen LogP contribution in [0.25, 0.3) is 0 Å². The van der Waals surface area contributed by atoms with Gasteiger partial charge in [-0.25, -0.2) is 0 Å². The van der Waals surface area contributed by atoms with Gasteiger partial charge >= 0.3 is 0 Å². The summed E-state index contributed by atoms with van der Waals surface area (Å²) < 4.78 is 0. The fraction of sp³-hybridized carbons (Fsp3) is 0.500. The van der Waals surface area contributed by atoms with Crippen LogP contribution in [0.15, 0.2) is 36.5 Å². The minimum Gasteiger partial charge on any atom is -0.0959 e. The molecule has 0 aromatic rings. The van der Waals surface area contributed by atoms with E-state index in [-0.39, 0.29) is 0 Å². The molecule has 0 rings (SSSR count). The molecule has 0 saturated carbocycles. The molecule has 0 spiro atoms. The third-order valence-electron chi connectivity index (χ3n) is 1.74. The molecule has 12 heavy (non-hydrogen) atoms. The third-order valence-corrected chi connectivity index (χ3v) is 1.74. The van der Waals surface area contributed by atoms with Crippen LogP contribution < -0.4 is 0 Å². The minimum absolute atomic E-state index is 0.656. The number of allylic oxidation sites excluding steroid dienone is 4. The van der Waals surface area contributed by atoms with Gasteiger partial charge in [-0.15, -0.1) is 0 Å². The lowest BCUT2D eigenvalue weighted by Crippen LogP contribution is -1.82. The fourth-order valence-electron chi connectivity index (χ4n) is 0.839. The zero-order valence-corrected chi connectivity index (χ0v) is 8.56. The summed E-state index contributed by atoms with van der Waals surface area (Å²) in [7, 11) is 0. The van der Waals surface area contributed by atoms with Gasteiger partial charge in [0, 0.05) is 0 Å². The SMILES string of the molecule is C=C(C)C(=C)CC/C=C/C(C)C. The highest BCUT2D eigenvalue weighted by Gasteiger charge is 1.92. The van der Waals surface area contributed by atoms with Crippen LogP contribution in [-0.4, -0.2) is 0 Å². The summed E-state index contributed by atoms with van der Waals surface area (Å²) in [6.07, 6.45) is 6.58. The zero-order valence-electron chi connectivity index (χ0n) is 8.56. The number of rotatable bonds is 5. The van der Waals surface area contributed by atoms with Gasteiger partial charge < -0.3 is 0 Å². The van der Waals surface area contributed by atoms with Crippen LogP contribution in [0.1, 0.15) is 33.6 Å². The van der Waals surface area contributed by atoms with Crippen molar-refractivity contribution < 1.29 is 0 Å². The highest BCUT2D eigenvalue weighted by atomic mass is 14.0. The van der Waals surface area contributed by atoms with Gasteiger partial charge in [-0.3, -0.25) is 0 Å². The van der Waals surface area contributed by atoms with Gasteiger partial charge in [-0.1, -0.05) is 50.3 Å². The van der Waals surface area contributed by atoms with E-state index in [1.807, 2.05) is 6.92 Å². The molecule has 0 unspecified atom stereocenters. The summed E-state index contributed by atoms with van der Waals surface area (Å²) in [6.45, 7) is 14.2. The molecule has 0 aliphatic rings. The van der Waals surface area contributed by atoms with Crippen LogP contribution in [0.2, 0.25) is 0 Å². The van der Waals surface area contributed by atoms with Crippen molar-refractivity contribution >= 4 is 0 Å². The maximum Gasteiger partial charge on any atom is -0.0248 e. The molecule has 0 atom stereocenters. The fourth-order valence-corrected chi connectivity index (χ4v) is 0.839. The Kier molecular flexibility index (Phi) is 5.44. The van der Waals surface area contributed by atoms with Crippen molar-refractivity contribution in [3.63, 3.8) is 0 Å². The predicted octanol–water partition coefficient (Wildman–Crippen LogP) is 4.11. The Morgan fingerprint density at radius 3 is 2.33 bits per heavy atom. The largest absolute Gasteiger partial charge is 0.0959 e. The molecule has 68 valence electrons. The van der Waals surface area contributed by atoms with E-state index in [0.29, 0.717) is 5.92 Å². The Morgan fingerprint density at radius 2 is 1.92 bits per heavy atom. The molecule has 0 aliphatic carbocycles. The Morgan fingerprint density at radius 1 is 1.33 bits per heavy atom. The van der Waals surface area contributed by atoms with E-state index in [0.717, 1.165) is 18.4 Å². The maximum atomic E-state index is 3.94. The maximum absolute atomic E-state index is 3.94. The summed E-state index contributed by atoms with van der Waals surface area (Å²) >= 11 is 0. The first-order valence-electron chi connectivity index (χ1n) is 4.54. The lowest BCUT2D eigenvalue weighted by molar-refractivity contribution is 0.821. The Hall–Kier alpha value is -0.780. The highest BCUT2D eigenvalue weighted by molar-refractivity contribution is 5.22. The van der Waals surface area contributed by atoms with Crippen LogP contribution in [0.4, 0.5) is 0 Å². The molecule has 0 bridgehead atoms. The van der Waals surface area contributed by atoms with E-state index >= 15 is 0 Å². The summed E-state index contributed by atoms with van der Waals surface area (Å²) in [5.74, 6) is 0.656. The molecule has 0 fully saturated rings. The molecular formula is C12H20. The third kappa shape index (κ3) is 5.96. The summed E-state index contributed by atoms with van der Waals surface area (Å²) in [6, 6.07) is 0. The molecule has 0 aromatic carbocycles. The second-order valence-electron chi connectivity index (χ2n) is 3.59. The quantitative estimate of drug-likeness (QED) is 0.423. The van der Waals surface area contributed by atoms with Gasteiger partial charge in [0.1, 0.15) is 0 Å². The number of hydrogen-bond donors (Lipinski definition) is 0. The first-order chi connectivity index (χ1) is 5.54. The van der Waals surface area contributed by atoms with Crippen molar-refractivity contribution in [3.8, 4) is 0 Å². The molecule has 0 radical (unpaired) electrons. The Bertz CT molecular complexity index is 182. The van der Waals surface area contributed by atoms with Crippen LogP contribution in [0, 0.1) is 5.92 Å². The van der Waals surface area contributed by atoms with Crippen LogP contribution >= 0.6 is 0 Å². The Labute approximate surface area is 76.7 Å². The van der Waals surface area contributed by atoms with Crippen molar-refractivity contribution in [1.29, 1.82) is 0 Å². The van der Waals surface area contributed by atoms with Gasteiger partial charge in [0.15, 0.2) is 0 Å². The smallest absolute Gasteiger partial charge is 0.0248 e. The standard InChI is InChI=1S/C12H20/c1-10(2)8-6-7-9-12(5)11(3)4/h6,8,10H,3,5,7,9H2,1-2,4H3/b8-6+. The zero-order chi connectivity index (χ0) is 9.56. The van der Waals surface area contributed by atoms with Crippen molar-refractivity contribution in [2.75, 3.05) is 0 Å². The second kappa shape index (κ2) is 5.82. The summed E-state index contributed by atoms with van der Waals surface area (Å²) in [5, 5.41) is 0. The number of hydrogen-bond acceptors (Lipinski definition) is 0. The van der Waals surface area contributed by atoms with Crippen molar-refractivity contribution in [3.05, 3.63) is 36.5 Å². The minimum atomic E-state index is 0.656. The first kappa shape index (κ1) is 11.2. The van der Waals surface area contributed by atoms with Crippen LogP contribution in [-0.2, 0) is 0 Å². The van der Waals surface area contributed by atoms with E-state index in [1.165, 1.54) is 5.57 Å². The van der Waals surface area contributed by atoms with Crippen molar-refractivity contribution in [2.24, 2.45) is 5.92 Å². The van der Waals surface area contributed by atoms with Gasteiger partial charge in [0.2, 0.25) is 0 Å². The molecular weight excluding hydrogens is 144 g/mol. The monoisotopic (exact) mass is 164 g/mol. The van der Waals surface area contributed by atoms with E-state index in [2.05, 4.69) is 39.2 Å². The van der Waals surface area contributed by atoms with E-state index in [9.17, 15) is 0 Å². The van der Waals surface area contributed by atoms with E-state index < -0.39 is 0 Å².